The second kappa shape index (κ2) is 4.80. The number of amides is 1. The highest BCUT2D eigenvalue weighted by atomic mass is 16.5. The van der Waals surface area contributed by atoms with Crippen molar-refractivity contribution in [2.24, 2.45) is 0 Å². The van der Waals surface area contributed by atoms with Crippen LogP contribution in [0.25, 0.3) is 0 Å². The Morgan fingerprint density at radius 2 is 2.13 bits per heavy atom. The van der Waals surface area contributed by atoms with Crippen molar-refractivity contribution < 1.29 is 19.4 Å². The van der Waals surface area contributed by atoms with Crippen molar-refractivity contribution in [3.05, 3.63) is 0 Å². The number of hydrogen-bond donors (Lipinski definition) is 2. The maximum Gasteiger partial charge on any atom is 0.332 e. The molecule has 1 unspecified atom stereocenters. The molecule has 1 aliphatic heterocycles. The van der Waals surface area contributed by atoms with Crippen LogP contribution in [0.1, 0.15) is 19.8 Å². The average Bonchev–Trinajstić information content (AvgIpc) is 2.66. The number of carboxylic acids is 1. The van der Waals surface area contributed by atoms with E-state index in [9.17, 15) is 9.59 Å². The highest BCUT2D eigenvalue weighted by Gasteiger charge is 2.34. The largest absolute Gasteiger partial charge is 0.479 e. The van der Waals surface area contributed by atoms with Gasteiger partial charge >= 0.3 is 5.97 Å². The molecule has 0 aliphatic carbocycles. The van der Waals surface area contributed by atoms with Gasteiger partial charge in [0, 0.05) is 0 Å². The van der Waals surface area contributed by atoms with E-state index in [1.54, 1.807) is 6.92 Å². The average molecular weight is 211 g/mol. The molecule has 0 aromatic carbocycles. The lowest BCUT2D eigenvalue weighted by Crippen LogP contribution is -2.39. The Labute approximate surface area is 87.8 Å². The minimum atomic E-state index is -1.03. The molecule has 1 saturated heterocycles. The van der Waals surface area contributed by atoms with Crippen LogP contribution in [0, 0.1) is 12.3 Å². The van der Waals surface area contributed by atoms with E-state index in [-0.39, 0.29) is 11.9 Å². The number of aliphatic carboxylic acids is 1. The number of ether oxygens (including phenoxy) is 1. The molecule has 0 saturated carbocycles. The number of terminal acetylenes is 1. The summed E-state index contributed by atoms with van der Waals surface area (Å²) in [5.74, 6) is 0.974. The molecule has 5 nitrogen and oxygen atoms in total. The molecule has 0 spiro atoms. The normalized spacial score (nSPS) is 26.7. The van der Waals surface area contributed by atoms with Crippen molar-refractivity contribution in [1.29, 1.82) is 0 Å². The van der Waals surface area contributed by atoms with Crippen LogP contribution in [0.4, 0.5) is 0 Å². The number of carbonyl (C=O) groups excluding carboxylic acids is 1. The smallest absolute Gasteiger partial charge is 0.332 e. The Morgan fingerprint density at radius 1 is 1.53 bits per heavy atom. The van der Waals surface area contributed by atoms with E-state index in [1.165, 1.54) is 0 Å². The summed E-state index contributed by atoms with van der Waals surface area (Å²) in [4.78, 5) is 22.0. The van der Waals surface area contributed by atoms with E-state index in [0.717, 1.165) is 0 Å². The summed E-state index contributed by atoms with van der Waals surface area (Å²) in [6.45, 7) is 1.67. The summed E-state index contributed by atoms with van der Waals surface area (Å²) in [5, 5.41) is 11.2. The minimum Gasteiger partial charge on any atom is -0.479 e. The van der Waals surface area contributed by atoms with Gasteiger partial charge in [0.05, 0.1) is 6.04 Å². The molecule has 2 N–H and O–H groups in total. The fourth-order valence-electron chi connectivity index (χ4n) is 1.36. The third-order valence-corrected chi connectivity index (χ3v) is 2.20. The first-order chi connectivity index (χ1) is 7.04. The summed E-state index contributed by atoms with van der Waals surface area (Å²) < 4.78 is 5.05. The summed E-state index contributed by atoms with van der Waals surface area (Å²) in [6, 6.07) is -0.370. The fourth-order valence-corrected chi connectivity index (χ4v) is 1.36. The molecule has 1 rings (SSSR count). The standard InChI is InChI=1S/C10H13NO4/c1-3-6(2)11-9(12)7-4-5-8(15-7)10(13)14/h1,6-8H,4-5H2,2H3,(H,11,12)(H,13,14)/t6?,7-,8+/m0/s1. The van der Waals surface area contributed by atoms with Crippen LogP contribution in [-0.4, -0.2) is 35.2 Å². The van der Waals surface area contributed by atoms with Gasteiger partial charge in [-0.1, -0.05) is 5.92 Å². The quantitative estimate of drug-likeness (QED) is 0.631. The molecule has 5 heteroatoms. The van der Waals surface area contributed by atoms with E-state index < -0.39 is 18.2 Å². The first kappa shape index (κ1) is 11.5. The maximum atomic E-state index is 11.5. The number of nitrogens with one attached hydrogen (secondary N) is 1. The van der Waals surface area contributed by atoms with Crippen molar-refractivity contribution in [3.63, 3.8) is 0 Å². The van der Waals surface area contributed by atoms with Crippen LogP contribution in [0.2, 0.25) is 0 Å². The number of carbonyl (C=O) groups is 2. The Hall–Kier alpha value is -1.54. The first-order valence-electron chi connectivity index (χ1n) is 4.69. The third kappa shape index (κ3) is 2.96. The van der Waals surface area contributed by atoms with Crippen molar-refractivity contribution >= 4 is 11.9 Å². The SMILES string of the molecule is C#CC(C)NC(=O)[C@@H]1CC[C@H](C(=O)O)O1. The van der Waals surface area contributed by atoms with Crippen LogP contribution < -0.4 is 5.32 Å². The zero-order valence-corrected chi connectivity index (χ0v) is 8.40. The summed E-state index contributed by atoms with van der Waals surface area (Å²) in [7, 11) is 0. The van der Waals surface area contributed by atoms with E-state index >= 15 is 0 Å². The van der Waals surface area contributed by atoms with Gasteiger partial charge in [0.15, 0.2) is 6.10 Å². The molecule has 82 valence electrons. The Kier molecular flexibility index (Phi) is 3.69. The number of hydrogen-bond acceptors (Lipinski definition) is 3. The van der Waals surface area contributed by atoms with Crippen molar-refractivity contribution in [1.82, 2.24) is 5.32 Å². The number of rotatable bonds is 3. The second-order valence-corrected chi connectivity index (χ2v) is 3.43. The molecule has 3 atom stereocenters. The first-order valence-corrected chi connectivity index (χ1v) is 4.69. The van der Waals surface area contributed by atoms with Gasteiger partial charge in [0.1, 0.15) is 6.10 Å². The molecule has 0 aromatic rings. The molecule has 1 aliphatic rings. The lowest BCUT2D eigenvalue weighted by atomic mass is 10.2. The van der Waals surface area contributed by atoms with Gasteiger partial charge in [-0.05, 0) is 19.8 Å². The van der Waals surface area contributed by atoms with Gasteiger partial charge < -0.3 is 15.2 Å². The van der Waals surface area contributed by atoms with Crippen LogP contribution in [0.5, 0.6) is 0 Å². The highest BCUT2D eigenvalue weighted by molar-refractivity contribution is 5.83. The van der Waals surface area contributed by atoms with Crippen molar-refractivity contribution in [2.45, 2.75) is 38.0 Å². The molecule has 0 radical (unpaired) electrons. The molecular formula is C10H13NO4. The highest BCUT2D eigenvalue weighted by Crippen LogP contribution is 2.19. The van der Waals surface area contributed by atoms with Gasteiger partial charge in [-0.2, -0.15) is 0 Å². The van der Waals surface area contributed by atoms with Crippen LogP contribution in [0.3, 0.4) is 0 Å². The summed E-state index contributed by atoms with van der Waals surface area (Å²) in [6.07, 6.45) is 4.30. The van der Waals surface area contributed by atoms with Gasteiger partial charge in [0.25, 0.3) is 0 Å². The minimum absolute atomic E-state index is 0.343. The van der Waals surface area contributed by atoms with Gasteiger partial charge in [-0.15, -0.1) is 6.42 Å². The molecule has 15 heavy (non-hydrogen) atoms. The monoisotopic (exact) mass is 211 g/mol. The lowest BCUT2D eigenvalue weighted by Gasteiger charge is -2.13. The molecule has 0 bridgehead atoms. The predicted octanol–water partition coefficient (Wildman–Crippen LogP) is -0.244. The molecule has 1 fully saturated rings. The van der Waals surface area contributed by atoms with Crippen LogP contribution >= 0.6 is 0 Å². The maximum absolute atomic E-state index is 11.5. The molecule has 1 heterocycles. The Balaban J connectivity index is 2.44. The zero-order chi connectivity index (χ0) is 11.4. The van der Waals surface area contributed by atoms with Gasteiger partial charge in [0.2, 0.25) is 5.91 Å². The van der Waals surface area contributed by atoms with E-state index in [4.69, 9.17) is 16.3 Å². The number of carboxylic acid groups (broad SMARTS) is 1. The second-order valence-electron chi connectivity index (χ2n) is 3.43. The topological polar surface area (TPSA) is 75.6 Å². The lowest BCUT2D eigenvalue weighted by molar-refractivity contribution is -0.151. The van der Waals surface area contributed by atoms with E-state index in [2.05, 4.69) is 11.2 Å². The Morgan fingerprint density at radius 3 is 2.60 bits per heavy atom. The third-order valence-electron chi connectivity index (χ3n) is 2.20. The van der Waals surface area contributed by atoms with Crippen LogP contribution in [-0.2, 0) is 14.3 Å². The molecular weight excluding hydrogens is 198 g/mol. The van der Waals surface area contributed by atoms with Crippen molar-refractivity contribution in [2.75, 3.05) is 0 Å². The van der Waals surface area contributed by atoms with E-state index in [0.29, 0.717) is 12.8 Å². The summed E-state index contributed by atoms with van der Waals surface area (Å²) >= 11 is 0. The molecule has 0 aromatic heterocycles. The van der Waals surface area contributed by atoms with Gasteiger partial charge in [-0.25, -0.2) is 4.79 Å². The van der Waals surface area contributed by atoms with Gasteiger partial charge in [-0.3, -0.25) is 4.79 Å². The van der Waals surface area contributed by atoms with E-state index in [1.807, 2.05) is 0 Å². The fraction of sp³-hybridized carbons (Fsp3) is 0.600. The Bertz CT molecular complexity index is 307. The zero-order valence-electron chi connectivity index (χ0n) is 8.40. The van der Waals surface area contributed by atoms with Crippen molar-refractivity contribution in [3.8, 4) is 12.3 Å². The van der Waals surface area contributed by atoms with Crippen LogP contribution in [0.15, 0.2) is 0 Å². The predicted molar refractivity (Wildman–Crippen MR) is 52.0 cm³/mol. The summed E-state index contributed by atoms with van der Waals surface area (Å²) in [5.41, 5.74) is 0. The molecule has 1 amide bonds.